The quantitative estimate of drug-likeness (QED) is 0.617. The third kappa shape index (κ3) is 2.42. The number of benzene rings is 1. The highest BCUT2D eigenvalue weighted by atomic mass is 16.5. The molecule has 0 aliphatic rings. The van der Waals surface area contributed by atoms with Crippen LogP contribution in [0.2, 0.25) is 0 Å². The minimum absolute atomic E-state index is 0.559. The lowest BCUT2D eigenvalue weighted by molar-refractivity contribution is 0.363. The van der Waals surface area contributed by atoms with Crippen molar-refractivity contribution in [2.75, 3.05) is 6.61 Å². The molecule has 1 rings (SSSR count). The van der Waals surface area contributed by atoms with Crippen LogP contribution >= 0.6 is 0 Å². The maximum Gasteiger partial charge on any atom is 0.119 e. The van der Waals surface area contributed by atoms with Gasteiger partial charge >= 0.3 is 0 Å². The van der Waals surface area contributed by atoms with Crippen LogP contribution in [-0.4, -0.2) is 6.61 Å². The summed E-state index contributed by atoms with van der Waals surface area (Å²) in [5.74, 6) is 0.882. The first-order chi connectivity index (χ1) is 5.86. The van der Waals surface area contributed by atoms with Crippen LogP contribution in [0.3, 0.4) is 0 Å². The van der Waals surface area contributed by atoms with Crippen molar-refractivity contribution in [2.24, 2.45) is 0 Å². The van der Waals surface area contributed by atoms with E-state index in [1.165, 1.54) is 5.56 Å². The molecule has 0 aliphatic heterocycles. The molecule has 1 nitrogen and oxygen atoms in total. The lowest BCUT2D eigenvalue weighted by Crippen LogP contribution is -1.92. The van der Waals surface area contributed by atoms with E-state index in [0.29, 0.717) is 6.61 Å². The van der Waals surface area contributed by atoms with Crippen molar-refractivity contribution in [1.29, 1.82) is 0 Å². The van der Waals surface area contributed by atoms with E-state index in [9.17, 15) is 0 Å². The molecule has 0 heterocycles. The predicted octanol–water partition coefficient (Wildman–Crippen LogP) is 2.63. The van der Waals surface area contributed by atoms with E-state index in [-0.39, 0.29) is 0 Å². The Hall–Kier alpha value is -1.24. The Morgan fingerprint density at radius 2 is 1.92 bits per heavy atom. The topological polar surface area (TPSA) is 9.23 Å². The van der Waals surface area contributed by atoms with E-state index in [4.69, 9.17) is 4.74 Å². The van der Waals surface area contributed by atoms with Gasteiger partial charge in [-0.05, 0) is 31.0 Å². The van der Waals surface area contributed by atoms with E-state index >= 15 is 0 Å². The van der Waals surface area contributed by atoms with Gasteiger partial charge in [0.2, 0.25) is 0 Å². The Morgan fingerprint density at radius 3 is 2.42 bits per heavy atom. The van der Waals surface area contributed by atoms with Crippen LogP contribution in [-0.2, 0) is 6.42 Å². The van der Waals surface area contributed by atoms with Gasteiger partial charge in [0.05, 0.1) is 0 Å². The molecule has 0 atom stereocenters. The molecule has 0 saturated carbocycles. The molecular formula is C11H13O. The fraction of sp³-hybridized carbons (Fsp3) is 0.182. The van der Waals surface area contributed by atoms with Gasteiger partial charge < -0.3 is 4.74 Å². The van der Waals surface area contributed by atoms with Gasteiger partial charge in [0.1, 0.15) is 12.4 Å². The Kier molecular flexibility index (Phi) is 3.39. The first kappa shape index (κ1) is 8.85. The molecule has 1 aromatic rings. The van der Waals surface area contributed by atoms with Gasteiger partial charge in [-0.3, -0.25) is 0 Å². The van der Waals surface area contributed by atoms with Crippen molar-refractivity contribution in [3.8, 4) is 5.75 Å². The fourth-order valence-corrected chi connectivity index (χ4v) is 0.907. The van der Waals surface area contributed by atoms with E-state index < -0.39 is 0 Å². The van der Waals surface area contributed by atoms with Gasteiger partial charge in [0, 0.05) is 0 Å². The smallest absolute Gasteiger partial charge is 0.119 e. The second-order valence-corrected chi connectivity index (χ2v) is 2.49. The van der Waals surface area contributed by atoms with Crippen LogP contribution in [0.15, 0.2) is 36.9 Å². The Morgan fingerprint density at radius 1 is 1.25 bits per heavy atom. The molecule has 0 aliphatic carbocycles. The van der Waals surface area contributed by atoms with Crippen molar-refractivity contribution in [1.82, 2.24) is 0 Å². The second-order valence-electron chi connectivity index (χ2n) is 2.49. The van der Waals surface area contributed by atoms with Gasteiger partial charge in [0.15, 0.2) is 0 Å². The largest absolute Gasteiger partial charge is 0.490 e. The zero-order valence-electron chi connectivity index (χ0n) is 7.12. The molecule has 0 spiro atoms. The number of hydrogen-bond donors (Lipinski definition) is 0. The summed E-state index contributed by atoms with van der Waals surface area (Å²) in [5, 5.41) is 0. The van der Waals surface area contributed by atoms with Crippen molar-refractivity contribution in [2.45, 2.75) is 6.42 Å². The van der Waals surface area contributed by atoms with Crippen LogP contribution < -0.4 is 4.74 Å². The zero-order chi connectivity index (χ0) is 8.81. The summed E-state index contributed by atoms with van der Waals surface area (Å²) >= 11 is 0. The standard InChI is InChI=1S/C11H13O/c1-3-9-12-11-7-5-10(4-2)6-8-11/h3,5-8H,1-2,4,9H2. The highest BCUT2D eigenvalue weighted by Crippen LogP contribution is 2.11. The number of ether oxygens (including phenoxy) is 1. The van der Waals surface area contributed by atoms with Crippen molar-refractivity contribution < 1.29 is 4.74 Å². The Bertz CT molecular complexity index is 236. The molecule has 63 valence electrons. The van der Waals surface area contributed by atoms with E-state index in [1.807, 2.05) is 24.3 Å². The molecule has 0 aromatic heterocycles. The average Bonchev–Trinajstić information content (AvgIpc) is 2.15. The molecule has 0 saturated heterocycles. The first-order valence-electron chi connectivity index (χ1n) is 3.98. The lowest BCUT2D eigenvalue weighted by Gasteiger charge is -2.02. The van der Waals surface area contributed by atoms with Gasteiger partial charge in [-0.15, -0.1) is 0 Å². The highest BCUT2D eigenvalue weighted by molar-refractivity contribution is 5.27. The second kappa shape index (κ2) is 4.60. The summed E-state index contributed by atoms with van der Waals surface area (Å²) in [4.78, 5) is 0. The highest BCUT2D eigenvalue weighted by Gasteiger charge is 1.91. The molecular weight excluding hydrogens is 148 g/mol. The lowest BCUT2D eigenvalue weighted by atomic mass is 10.2. The van der Waals surface area contributed by atoms with E-state index in [1.54, 1.807) is 6.08 Å². The molecule has 0 amide bonds. The molecule has 1 heteroatoms. The average molecular weight is 161 g/mol. The van der Waals surface area contributed by atoms with E-state index in [2.05, 4.69) is 13.5 Å². The third-order valence-corrected chi connectivity index (χ3v) is 1.58. The SMILES string of the molecule is [CH2]Cc1ccc(OCC=C)cc1. The van der Waals surface area contributed by atoms with Gasteiger partial charge in [-0.1, -0.05) is 24.8 Å². The minimum atomic E-state index is 0.559. The van der Waals surface area contributed by atoms with Crippen molar-refractivity contribution in [3.05, 3.63) is 49.4 Å². The zero-order valence-corrected chi connectivity index (χ0v) is 7.12. The van der Waals surface area contributed by atoms with Gasteiger partial charge in [-0.2, -0.15) is 0 Å². The minimum Gasteiger partial charge on any atom is -0.490 e. The molecule has 0 fully saturated rings. The third-order valence-electron chi connectivity index (χ3n) is 1.58. The number of hydrogen-bond acceptors (Lipinski definition) is 1. The summed E-state index contributed by atoms with van der Waals surface area (Å²) in [6.45, 7) is 7.92. The monoisotopic (exact) mass is 161 g/mol. The Labute approximate surface area is 73.7 Å². The normalized spacial score (nSPS) is 9.42. The van der Waals surface area contributed by atoms with E-state index in [0.717, 1.165) is 12.2 Å². The van der Waals surface area contributed by atoms with Crippen LogP contribution in [0.4, 0.5) is 0 Å². The molecule has 1 aromatic carbocycles. The van der Waals surface area contributed by atoms with Crippen LogP contribution in [0.1, 0.15) is 5.56 Å². The number of rotatable bonds is 4. The molecule has 0 N–H and O–H groups in total. The molecule has 0 bridgehead atoms. The summed E-state index contributed by atoms with van der Waals surface area (Å²) in [7, 11) is 0. The molecule has 0 unspecified atom stereocenters. The van der Waals surface area contributed by atoms with Crippen LogP contribution in [0.25, 0.3) is 0 Å². The molecule has 1 radical (unpaired) electrons. The summed E-state index contributed by atoms with van der Waals surface area (Å²) in [5.41, 5.74) is 1.22. The van der Waals surface area contributed by atoms with Crippen molar-refractivity contribution >= 4 is 0 Å². The molecule has 12 heavy (non-hydrogen) atoms. The van der Waals surface area contributed by atoms with Gasteiger partial charge in [-0.25, -0.2) is 0 Å². The fourth-order valence-electron chi connectivity index (χ4n) is 0.907. The van der Waals surface area contributed by atoms with Crippen LogP contribution in [0, 0.1) is 6.92 Å². The summed E-state index contributed by atoms with van der Waals surface area (Å²) < 4.78 is 5.32. The summed E-state index contributed by atoms with van der Waals surface area (Å²) in [6, 6.07) is 7.94. The first-order valence-corrected chi connectivity index (χ1v) is 3.98. The Balaban J connectivity index is 2.58. The predicted molar refractivity (Wildman–Crippen MR) is 51.2 cm³/mol. The maximum atomic E-state index is 5.32. The maximum absolute atomic E-state index is 5.32. The summed E-state index contributed by atoms with van der Waals surface area (Å²) in [6.07, 6.45) is 2.55. The van der Waals surface area contributed by atoms with Crippen LogP contribution in [0.5, 0.6) is 5.75 Å². The van der Waals surface area contributed by atoms with Gasteiger partial charge in [0.25, 0.3) is 0 Å². The van der Waals surface area contributed by atoms with Crippen molar-refractivity contribution in [3.63, 3.8) is 0 Å².